The molecule has 4 heteroatoms. The zero-order valence-corrected chi connectivity index (χ0v) is 18.2. The van der Waals surface area contributed by atoms with Gasteiger partial charge in [-0.3, -0.25) is 0 Å². The fraction of sp³-hybridized carbons (Fsp3) is 0.957. The zero-order valence-electron chi connectivity index (χ0n) is 18.2. The van der Waals surface area contributed by atoms with E-state index in [0.717, 1.165) is 38.8 Å². The number of hydrogen-bond acceptors (Lipinski definition) is 4. The summed E-state index contributed by atoms with van der Waals surface area (Å²) in [7, 11) is 0. The van der Waals surface area contributed by atoms with Gasteiger partial charge in [0.2, 0.25) is 0 Å². The molecule has 1 rings (SSSR count). The molecule has 0 spiro atoms. The average molecular weight is 384 g/mol. The molecule has 1 aliphatic heterocycles. The van der Waals surface area contributed by atoms with Gasteiger partial charge >= 0.3 is 6.16 Å². The van der Waals surface area contributed by atoms with Crippen molar-refractivity contribution in [3.8, 4) is 0 Å². The predicted octanol–water partition coefficient (Wildman–Crippen LogP) is 7.41. The van der Waals surface area contributed by atoms with E-state index in [0.29, 0.717) is 0 Å². The SMILES string of the molecule is CCCCCCCCCCCCCCCCC(C)OC(=O)ON1CCCC1. The second kappa shape index (κ2) is 17.3. The van der Waals surface area contributed by atoms with Crippen LogP contribution in [0.4, 0.5) is 4.79 Å². The van der Waals surface area contributed by atoms with Crippen molar-refractivity contribution < 1.29 is 14.4 Å². The maximum Gasteiger partial charge on any atom is 0.528 e. The minimum atomic E-state index is -0.533. The van der Waals surface area contributed by atoms with Crippen LogP contribution in [-0.2, 0) is 9.57 Å². The lowest BCUT2D eigenvalue weighted by Gasteiger charge is -2.17. The summed E-state index contributed by atoms with van der Waals surface area (Å²) in [5.41, 5.74) is 0. The van der Waals surface area contributed by atoms with Crippen LogP contribution in [0.15, 0.2) is 0 Å². The molecule has 0 aliphatic carbocycles. The molecule has 0 amide bonds. The van der Waals surface area contributed by atoms with Gasteiger partial charge in [0.15, 0.2) is 0 Å². The second-order valence-electron chi connectivity index (χ2n) is 8.29. The minimum absolute atomic E-state index is 0.0440. The number of carbonyl (C=O) groups excluding carboxylic acids is 1. The molecule has 1 heterocycles. The van der Waals surface area contributed by atoms with Crippen LogP contribution in [0.5, 0.6) is 0 Å². The van der Waals surface area contributed by atoms with E-state index in [1.165, 1.54) is 83.5 Å². The number of unbranched alkanes of at least 4 members (excludes halogenated alkanes) is 13. The topological polar surface area (TPSA) is 38.8 Å². The molecule has 0 aromatic carbocycles. The van der Waals surface area contributed by atoms with Crippen LogP contribution in [0, 0.1) is 0 Å². The number of rotatable bonds is 17. The Hall–Kier alpha value is -0.770. The monoisotopic (exact) mass is 383 g/mol. The first-order valence-electron chi connectivity index (χ1n) is 11.9. The van der Waals surface area contributed by atoms with Gasteiger partial charge in [-0.1, -0.05) is 90.4 Å². The lowest BCUT2D eigenvalue weighted by atomic mass is 10.0. The van der Waals surface area contributed by atoms with Gasteiger partial charge in [-0.15, -0.1) is 5.06 Å². The van der Waals surface area contributed by atoms with E-state index < -0.39 is 6.16 Å². The van der Waals surface area contributed by atoms with Crippen molar-refractivity contribution in [1.29, 1.82) is 0 Å². The quantitative estimate of drug-likeness (QED) is 0.194. The van der Waals surface area contributed by atoms with Gasteiger partial charge in [0.25, 0.3) is 0 Å². The Morgan fingerprint density at radius 3 is 1.70 bits per heavy atom. The first-order chi connectivity index (χ1) is 13.2. The molecule has 1 saturated heterocycles. The number of hydroxylamine groups is 2. The van der Waals surface area contributed by atoms with Crippen LogP contribution >= 0.6 is 0 Å². The first-order valence-corrected chi connectivity index (χ1v) is 11.9. The fourth-order valence-electron chi connectivity index (χ4n) is 3.76. The Morgan fingerprint density at radius 1 is 0.778 bits per heavy atom. The van der Waals surface area contributed by atoms with Gasteiger partial charge in [-0.05, 0) is 32.6 Å². The molecule has 0 aromatic heterocycles. The van der Waals surface area contributed by atoms with Crippen molar-refractivity contribution in [2.45, 2.75) is 129 Å². The Morgan fingerprint density at radius 2 is 1.22 bits per heavy atom. The van der Waals surface area contributed by atoms with Gasteiger partial charge < -0.3 is 9.57 Å². The number of hydrogen-bond donors (Lipinski definition) is 0. The smallest absolute Gasteiger partial charge is 0.430 e. The highest BCUT2D eigenvalue weighted by molar-refractivity contribution is 5.59. The summed E-state index contributed by atoms with van der Waals surface area (Å²) in [6, 6.07) is 0. The summed E-state index contributed by atoms with van der Waals surface area (Å²) >= 11 is 0. The van der Waals surface area contributed by atoms with Crippen LogP contribution in [0.1, 0.15) is 123 Å². The molecule has 0 N–H and O–H groups in total. The van der Waals surface area contributed by atoms with Gasteiger partial charge in [-0.25, -0.2) is 4.79 Å². The van der Waals surface area contributed by atoms with E-state index in [2.05, 4.69) is 6.92 Å². The van der Waals surface area contributed by atoms with Gasteiger partial charge in [0, 0.05) is 13.1 Å². The predicted molar refractivity (Wildman–Crippen MR) is 113 cm³/mol. The maximum absolute atomic E-state index is 11.7. The third-order valence-corrected chi connectivity index (χ3v) is 5.53. The standard InChI is InChI=1S/C23H45NO3/c1-3-4-5-6-7-8-9-10-11-12-13-14-15-16-19-22(2)26-23(25)27-24-20-17-18-21-24/h22H,3-21H2,1-2H3. The van der Waals surface area contributed by atoms with Crippen molar-refractivity contribution in [1.82, 2.24) is 5.06 Å². The van der Waals surface area contributed by atoms with Crippen molar-refractivity contribution in [3.05, 3.63) is 0 Å². The lowest BCUT2D eigenvalue weighted by Crippen LogP contribution is -2.26. The van der Waals surface area contributed by atoms with Crippen LogP contribution in [0.2, 0.25) is 0 Å². The van der Waals surface area contributed by atoms with E-state index in [1.807, 2.05) is 6.92 Å². The van der Waals surface area contributed by atoms with Gasteiger partial charge in [-0.2, -0.15) is 0 Å². The van der Waals surface area contributed by atoms with Crippen LogP contribution in [-0.4, -0.2) is 30.4 Å². The molecule has 1 aliphatic rings. The van der Waals surface area contributed by atoms with E-state index >= 15 is 0 Å². The molecule has 1 atom stereocenters. The minimum Gasteiger partial charge on any atom is -0.430 e. The second-order valence-corrected chi connectivity index (χ2v) is 8.29. The number of ether oxygens (including phenoxy) is 1. The summed E-state index contributed by atoms with van der Waals surface area (Å²) in [5.74, 6) is 0. The highest BCUT2D eigenvalue weighted by Crippen LogP contribution is 2.15. The highest BCUT2D eigenvalue weighted by atomic mass is 16.8. The first kappa shape index (κ1) is 24.3. The highest BCUT2D eigenvalue weighted by Gasteiger charge is 2.18. The molecule has 0 aromatic rings. The van der Waals surface area contributed by atoms with Gasteiger partial charge in [0.05, 0.1) is 0 Å². The molecule has 0 radical (unpaired) electrons. The third kappa shape index (κ3) is 14.9. The molecule has 0 saturated carbocycles. The molecule has 160 valence electrons. The molecule has 1 fully saturated rings. The lowest BCUT2D eigenvalue weighted by molar-refractivity contribution is -0.120. The summed E-state index contributed by atoms with van der Waals surface area (Å²) in [4.78, 5) is 16.8. The Bertz CT molecular complexity index is 343. The fourth-order valence-corrected chi connectivity index (χ4v) is 3.76. The molecule has 1 unspecified atom stereocenters. The van der Waals surface area contributed by atoms with E-state index in [1.54, 1.807) is 5.06 Å². The Balaban J connectivity index is 1.78. The van der Waals surface area contributed by atoms with E-state index in [4.69, 9.17) is 9.57 Å². The summed E-state index contributed by atoms with van der Waals surface area (Å²) in [5, 5.41) is 1.71. The molecule has 0 bridgehead atoms. The van der Waals surface area contributed by atoms with E-state index in [-0.39, 0.29) is 6.10 Å². The molecular weight excluding hydrogens is 338 g/mol. The summed E-state index contributed by atoms with van der Waals surface area (Å²) in [6.45, 7) is 5.92. The van der Waals surface area contributed by atoms with Crippen LogP contribution in [0.25, 0.3) is 0 Å². The molecule has 4 nitrogen and oxygen atoms in total. The largest absolute Gasteiger partial charge is 0.528 e. The normalized spacial score (nSPS) is 15.8. The molecule has 27 heavy (non-hydrogen) atoms. The van der Waals surface area contributed by atoms with Crippen molar-refractivity contribution in [2.24, 2.45) is 0 Å². The summed E-state index contributed by atoms with van der Waals surface area (Å²) < 4.78 is 5.32. The molecular formula is C23H45NO3. The van der Waals surface area contributed by atoms with Crippen molar-refractivity contribution >= 4 is 6.16 Å². The average Bonchev–Trinajstić information content (AvgIpc) is 3.14. The van der Waals surface area contributed by atoms with Crippen LogP contribution < -0.4 is 0 Å². The van der Waals surface area contributed by atoms with Crippen molar-refractivity contribution in [2.75, 3.05) is 13.1 Å². The van der Waals surface area contributed by atoms with E-state index in [9.17, 15) is 4.79 Å². The Labute approximate surface area is 168 Å². The third-order valence-electron chi connectivity index (χ3n) is 5.53. The van der Waals surface area contributed by atoms with Crippen molar-refractivity contribution in [3.63, 3.8) is 0 Å². The maximum atomic E-state index is 11.7. The number of nitrogens with zero attached hydrogens (tertiary/aromatic N) is 1. The number of carbonyl (C=O) groups is 1. The zero-order chi connectivity index (χ0) is 19.6. The van der Waals surface area contributed by atoms with Gasteiger partial charge in [0.1, 0.15) is 6.10 Å². The Kier molecular flexibility index (Phi) is 15.6. The summed E-state index contributed by atoms with van der Waals surface area (Å²) in [6.07, 6.45) is 21.7. The van der Waals surface area contributed by atoms with Crippen LogP contribution in [0.3, 0.4) is 0 Å².